The zero-order valence-corrected chi connectivity index (χ0v) is 11.6. The quantitative estimate of drug-likeness (QED) is 0.767. The Bertz CT molecular complexity index is 722. The van der Waals surface area contributed by atoms with Gasteiger partial charge in [0.2, 0.25) is 0 Å². The fourth-order valence-corrected chi connectivity index (χ4v) is 2.01. The molecular weight excluding hydrogens is 266 g/mol. The van der Waals surface area contributed by atoms with E-state index in [-0.39, 0.29) is 0 Å². The van der Waals surface area contributed by atoms with Crippen molar-refractivity contribution in [3.05, 3.63) is 60.3 Å². The van der Waals surface area contributed by atoms with Crippen LogP contribution in [0.2, 0.25) is 0 Å². The van der Waals surface area contributed by atoms with E-state index in [1.807, 2.05) is 31.2 Å². The van der Waals surface area contributed by atoms with Gasteiger partial charge in [-0.3, -0.25) is 0 Å². The molecular formula is C15H15N5O. The van der Waals surface area contributed by atoms with Gasteiger partial charge in [-0.25, -0.2) is 14.6 Å². The van der Waals surface area contributed by atoms with Gasteiger partial charge < -0.3 is 10.4 Å². The number of rotatable bonds is 4. The summed E-state index contributed by atoms with van der Waals surface area (Å²) in [4.78, 5) is 8.19. The molecule has 0 spiro atoms. The highest BCUT2D eigenvalue weighted by Crippen LogP contribution is 2.19. The Labute approximate surface area is 122 Å². The number of nitrogens with zero attached hydrogens (tertiary/aromatic N) is 4. The van der Waals surface area contributed by atoms with Crippen LogP contribution in [0.4, 0.5) is 5.69 Å². The molecule has 0 aliphatic carbocycles. The topological polar surface area (TPSA) is 75.9 Å². The molecule has 6 heteroatoms. The van der Waals surface area contributed by atoms with E-state index in [0.29, 0.717) is 18.1 Å². The Morgan fingerprint density at radius 3 is 2.86 bits per heavy atom. The van der Waals surface area contributed by atoms with Crippen LogP contribution in [0.1, 0.15) is 11.1 Å². The number of nitrogens with one attached hydrogen (secondary N) is 1. The summed E-state index contributed by atoms with van der Waals surface area (Å²) in [7, 11) is 0. The first kappa shape index (κ1) is 13.1. The van der Waals surface area contributed by atoms with Crippen molar-refractivity contribution < 1.29 is 5.11 Å². The number of aryl methyl sites for hydroxylation is 1. The van der Waals surface area contributed by atoms with Crippen LogP contribution in [0.5, 0.6) is 5.75 Å². The monoisotopic (exact) mass is 281 g/mol. The molecule has 1 aromatic carbocycles. The summed E-state index contributed by atoms with van der Waals surface area (Å²) < 4.78 is 1.59. The van der Waals surface area contributed by atoms with Crippen LogP contribution >= 0.6 is 0 Å². The number of aromatic nitrogens is 4. The van der Waals surface area contributed by atoms with Crippen LogP contribution in [0, 0.1) is 6.92 Å². The van der Waals surface area contributed by atoms with Gasteiger partial charge in [-0.1, -0.05) is 17.7 Å². The van der Waals surface area contributed by atoms with Crippen molar-refractivity contribution in [2.24, 2.45) is 0 Å². The van der Waals surface area contributed by atoms with E-state index < -0.39 is 0 Å². The first-order valence-electron chi connectivity index (χ1n) is 6.56. The number of phenols is 1. The van der Waals surface area contributed by atoms with Gasteiger partial charge in [0.1, 0.15) is 18.4 Å². The third kappa shape index (κ3) is 3.00. The molecule has 3 rings (SSSR count). The number of pyridine rings is 1. The summed E-state index contributed by atoms with van der Waals surface area (Å²) in [6.07, 6.45) is 4.79. The second-order valence-electron chi connectivity index (χ2n) is 4.73. The fraction of sp³-hybridized carbons (Fsp3) is 0.133. The largest absolute Gasteiger partial charge is 0.508 e. The second kappa shape index (κ2) is 5.62. The van der Waals surface area contributed by atoms with E-state index in [1.165, 1.54) is 6.33 Å². The number of phenolic OH excluding ortho intramolecular Hbond substituents is 1. The van der Waals surface area contributed by atoms with Crippen LogP contribution < -0.4 is 5.32 Å². The molecule has 0 unspecified atom stereocenters. The molecule has 0 aliphatic heterocycles. The average Bonchev–Trinajstić information content (AvgIpc) is 3.03. The molecule has 0 aliphatic rings. The van der Waals surface area contributed by atoms with Gasteiger partial charge in [-0.15, -0.1) is 0 Å². The van der Waals surface area contributed by atoms with E-state index in [1.54, 1.807) is 23.3 Å². The lowest BCUT2D eigenvalue weighted by Crippen LogP contribution is -2.02. The third-order valence-electron chi connectivity index (χ3n) is 3.12. The molecule has 0 atom stereocenters. The molecule has 0 fully saturated rings. The van der Waals surface area contributed by atoms with Crippen LogP contribution in [0.25, 0.3) is 5.82 Å². The minimum Gasteiger partial charge on any atom is -0.508 e. The molecule has 0 saturated carbocycles. The first-order chi connectivity index (χ1) is 10.2. The van der Waals surface area contributed by atoms with Crippen molar-refractivity contribution in [3.8, 4) is 11.6 Å². The maximum absolute atomic E-state index is 9.81. The second-order valence-corrected chi connectivity index (χ2v) is 4.73. The number of aromatic hydroxyl groups is 1. The minimum absolute atomic E-state index is 0.292. The Balaban J connectivity index is 1.70. The Morgan fingerprint density at radius 1 is 1.24 bits per heavy atom. The van der Waals surface area contributed by atoms with Gasteiger partial charge in [0, 0.05) is 12.1 Å². The van der Waals surface area contributed by atoms with Crippen molar-refractivity contribution in [1.82, 2.24) is 19.7 Å². The Kier molecular flexibility index (Phi) is 3.51. The molecule has 0 amide bonds. The van der Waals surface area contributed by atoms with Gasteiger partial charge in [0.05, 0.1) is 11.9 Å². The van der Waals surface area contributed by atoms with E-state index in [0.717, 1.165) is 16.8 Å². The van der Waals surface area contributed by atoms with E-state index in [4.69, 9.17) is 0 Å². The lowest BCUT2D eigenvalue weighted by Gasteiger charge is -2.09. The van der Waals surface area contributed by atoms with Crippen molar-refractivity contribution >= 4 is 5.69 Å². The molecule has 0 saturated heterocycles. The fourth-order valence-electron chi connectivity index (χ4n) is 2.01. The normalized spacial score (nSPS) is 10.5. The van der Waals surface area contributed by atoms with Gasteiger partial charge in [0.25, 0.3) is 0 Å². The third-order valence-corrected chi connectivity index (χ3v) is 3.12. The lowest BCUT2D eigenvalue weighted by atomic mass is 10.1. The molecule has 2 heterocycles. The van der Waals surface area contributed by atoms with Crippen LogP contribution in [0.15, 0.2) is 49.2 Å². The highest BCUT2D eigenvalue weighted by atomic mass is 16.3. The first-order valence-corrected chi connectivity index (χ1v) is 6.56. The number of hydrogen-bond acceptors (Lipinski definition) is 5. The zero-order valence-electron chi connectivity index (χ0n) is 11.6. The van der Waals surface area contributed by atoms with Gasteiger partial charge >= 0.3 is 0 Å². The summed E-state index contributed by atoms with van der Waals surface area (Å²) in [5.41, 5.74) is 2.85. The maximum atomic E-state index is 9.81. The SMILES string of the molecule is Cc1ccc(O)c(CNc2ccc(-n3cncn3)nc2)c1. The zero-order chi connectivity index (χ0) is 14.7. The van der Waals surface area contributed by atoms with E-state index in [2.05, 4.69) is 20.4 Å². The van der Waals surface area contributed by atoms with Gasteiger partial charge in [-0.05, 0) is 25.1 Å². The summed E-state index contributed by atoms with van der Waals surface area (Å²) in [5.74, 6) is 0.997. The standard InChI is InChI=1S/C15H15N5O/c1-11-2-4-14(21)12(6-11)7-17-13-3-5-15(18-8-13)20-10-16-9-19-20/h2-6,8-10,17,21H,7H2,1H3. The summed E-state index contributed by atoms with van der Waals surface area (Å²) in [6.45, 7) is 2.54. The lowest BCUT2D eigenvalue weighted by molar-refractivity contribution is 0.469. The molecule has 2 N–H and O–H groups in total. The van der Waals surface area contributed by atoms with Crippen molar-refractivity contribution in [3.63, 3.8) is 0 Å². The number of benzene rings is 1. The summed E-state index contributed by atoms with van der Waals surface area (Å²) >= 11 is 0. The number of anilines is 1. The highest BCUT2D eigenvalue weighted by molar-refractivity contribution is 5.45. The van der Waals surface area contributed by atoms with E-state index in [9.17, 15) is 5.11 Å². The van der Waals surface area contributed by atoms with E-state index >= 15 is 0 Å². The Hall–Kier alpha value is -2.89. The predicted molar refractivity (Wildman–Crippen MR) is 79.3 cm³/mol. The molecule has 0 bridgehead atoms. The molecule has 2 aromatic heterocycles. The predicted octanol–water partition coefficient (Wildman–Crippen LogP) is 2.29. The summed E-state index contributed by atoms with van der Waals surface area (Å²) in [5, 5.41) is 17.1. The maximum Gasteiger partial charge on any atom is 0.155 e. The van der Waals surface area contributed by atoms with Crippen molar-refractivity contribution in [2.45, 2.75) is 13.5 Å². The molecule has 0 radical (unpaired) electrons. The minimum atomic E-state index is 0.292. The smallest absolute Gasteiger partial charge is 0.155 e. The number of hydrogen-bond donors (Lipinski definition) is 2. The van der Waals surface area contributed by atoms with Gasteiger partial charge in [0.15, 0.2) is 5.82 Å². The highest BCUT2D eigenvalue weighted by Gasteiger charge is 2.02. The summed E-state index contributed by atoms with van der Waals surface area (Å²) in [6, 6.07) is 9.31. The molecule has 106 valence electrons. The van der Waals surface area contributed by atoms with Gasteiger partial charge in [-0.2, -0.15) is 5.10 Å². The molecule has 6 nitrogen and oxygen atoms in total. The molecule has 3 aromatic rings. The van der Waals surface area contributed by atoms with Crippen molar-refractivity contribution in [1.29, 1.82) is 0 Å². The molecule has 21 heavy (non-hydrogen) atoms. The van der Waals surface area contributed by atoms with Crippen LogP contribution in [-0.4, -0.2) is 24.9 Å². The average molecular weight is 281 g/mol. The van der Waals surface area contributed by atoms with Crippen LogP contribution in [0.3, 0.4) is 0 Å². The van der Waals surface area contributed by atoms with Crippen LogP contribution in [-0.2, 0) is 6.54 Å². The Morgan fingerprint density at radius 2 is 2.14 bits per heavy atom. The van der Waals surface area contributed by atoms with Crippen molar-refractivity contribution in [2.75, 3.05) is 5.32 Å².